The highest BCUT2D eigenvalue weighted by Crippen LogP contribution is 2.47. The van der Waals surface area contributed by atoms with Gasteiger partial charge in [-0.1, -0.05) is 18.2 Å². The van der Waals surface area contributed by atoms with E-state index in [0.717, 1.165) is 24.1 Å². The third kappa shape index (κ3) is 1.69. The molecule has 4 nitrogen and oxygen atoms in total. The highest BCUT2D eigenvalue weighted by atomic mass is 16.5. The first-order chi connectivity index (χ1) is 9.75. The summed E-state index contributed by atoms with van der Waals surface area (Å²) in [6, 6.07) is 12.9. The predicted molar refractivity (Wildman–Crippen MR) is 75.0 cm³/mol. The van der Waals surface area contributed by atoms with E-state index in [1.165, 1.54) is 0 Å². The second-order valence-electron chi connectivity index (χ2n) is 5.61. The maximum atomic E-state index is 9.60. The third-order valence-corrected chi connectivity index (χ3v) is 4.57. The van der Waals surface area contributed by atoms with Crippen LogP contribution in [-0.2, 0) is 11.2 Å². The van der Waals surface area contributed by atoms with Crippen LogP contribution in [-0.4, -0.2) is 25.8 Å². The molecule has 20 heavy (non-hydrogen) atoms. The Balaban J connectivity index is 2.11. The number of para-hydroxylation sites is 1. The summed E-state index contributed by atoms with van der Waals surface area (Å²) in [6.45, 7) is 0.637. The SMILES string of the molecule is COC[C@@H]1CC[C@H]2N1c1ccccc1CC2(C#N)C#N. The first-order valence-corrected chi connectivity index (χ1v) is 6.93. The minimum absolute atomic E-state index is 0.0208. The predicted octanol–water partition coefficient (Wildman–Crippen LogP) is 2.26. The van der Waals surface area contributed by atoms with Gasteiger partial charge in [-0.05, 0) is 24.5 Å². The molecule has 0 aromatic heterocycles. The van der Waals surface area contributed by atoms with Crippen molar-refractivity contribution in [1.82, 2.24) is 0 Å². The van der Waals surface area contributed by atoms with Crippen molar-refractivity contribution in [3.05, 3.63) is 29.8 Å². The molecule has 1 aromatic carbocycles. The second kappa shape index (κ2) is 4.81. The van der Waals surface area contributed by atoms with Gasteiger partial charge in [0, 0.05) is 19.2 Å². The van der Waals surface area contributed by atoms with Gasteiger partial charge in [0.15, 0.2) is 5.41 Å². The molecule has 0 radical (unpaired) electrons. The molecule has 0 spiro atoms. The van der Waals surface area contributed by atoms with Crippen LogP contribution in [0, 0.1) is 28.1 Å². The molecule has 1 saturated heterocycles. The van der Waals surface area contributed by atoms with Crippen molar-refractivity contribution in [2.45, 2.75) is 31.3 Å². The van der Waals surface area contributed by atoms with Gasteiger partial charge in [0.2, 0.25) is 0 Å². The van der Waals surface area contributed by atoms with Crippen LogP contribution in [0.15, 0.2) is 24.3 Å². The number of hydrogen-bond donors (Lipinski definition) is 0. The molecule has 2 atom stereocenters. The molecule has 0 saturated carbocycles. The molecule has 0 unspecified atom stereocenters. The van der Waals surface area contributed by atoms with E-state index in [4.69, 9.17) is 4.74 Å². The van der Waals surface area contributed by atoms with Crippen LogP contribution in [0.3, 0.4) is 0 Å². The van der Waals surface area contributed by atoms with Crippen molar-refractivity contribution in [1.29, 1.82) is 10.5 Å². The summed E-state index contributed by atoms with van der Waals surface area (Å²) in [7, 11) is 1.70. The average Bonchev–Trinajstić information content (AvgIpc) is 2.92. The van der Waals surface area contributed by atoms with E-state index in [-0.39, 0.29) is 12.1 Å². The molecule has 3 rings (SSSR count). The lowest BCUT2D eigenvalue weighted by atomic mass is 9.73. The maximum Gasteiger partial charge on any atom is 0.167 e. The molecule has 0 aliphatic carbocycles. The van der Waals surface area contributed by atoms with Gasteiger partial charge in [-0.15, -0.1) is 0 Å². The first-order valence-electron chi connectivity index (χ1n) is 6.93. The number of benzene rings is 1. The monoisotopic (exact) mass is 267 g/mol. The van der Waals surface area contributed by atoms with Crippen molar-refractivity contribution >= 4 is 5.69 Å². The number of nitriles is 2. The quantitative estimate of drug-likeness (QED) is 0.824. The Bertz CT molecular complexity index is 584. The topological polar surface area (TPSA) is 60.0 Å². The Morgan fingerprint density at radius 2 is 2.05 bits per heavy atom. The lowest BCUT2D eigenvalue weighted by molar-refractivity contribution is 0.178. The van der Waals surface area contributed by atoms with Crippen molar-refractivity contribution < 1.29 is 4.74 Å². The summed E-state index contributed by atoms with van der Waals surface area (Å²) in [5, 5.41) is 19.2. The first kappa shape index (κ1) is 13.0. The molecule has 2 aliphatic heterocycles. The Labute approximate surface area is 119 Å². The Morgan fingerprint density at radius 3 is 2.75 bits per heavy atom. The number of nitrogens with zero attached hydrogens (tertiary/aromatic N) is 3. The lowest BCUT2D eigenvalue weighted by Crippen LogP contribution is -2.51. The Hall–Kier alpha value is -2.04. The second-order valence-corrected chi connectivity index (χ2v) is 5.61. The molecule has 2 heterocycles. The van der Waals surface area contributed by atoms with Crippen LogP contribution >= 0.6 is 0 Å². The van der Waals surface area contributed by atoms with E-state index in [0.29, 0.717) is 13.0 Å². The fourth-order valence-corrected chi connectivity index (χ4v) is 3.67. The number of ether oxygens (including phenoxy) is 1. The molecule has 4 heteroatoms. The molecule has 102 valence electrons. The fourth-order valence-electron chi connectivity index (χ4n) is 3.67. The van der Waals surface area contributed by atoms with Gasteiger partial charge in [-0.25, -0.2) is 0 Å². The minimum Gasteiger partial charge on any atom is -0.383 e. The summed E-state index contributed by atoms with van der Waals surface area (Å²) in [5.41, 5.74) is 1.32. The van der Waals surface area contributed by atoms with E-state index < -0.39 is 5.41 Å². The Morgan fingerprint density at radius 1 is 1.30 bits per heavy atom. The van der Waals surface area contributed by atoms with E-state index >= 15 is 0 Å². The molecular formula is C16H17N3O. The highest BCUT2D eigenvalue weighted by molar-refractivity contribution is 5.61. The maximum absolute atomic E-state index is 9.60. The summed E-state index contributed by atoms with van der Waals surface area (Å²) >= 11 is 0. The average molecular weight is 267 g/mol. The van der Waals surface area contributed by atoms with Gasteiger partial charge in [-0.2, -0.15) is 10.5 Å². The van der Waals surface area contributed by atoms with Crippen molar-refractivity contribution in [3.8, 4) is 12.1 Å². The molecule has 0 amide bonds. The van der Waals surface area contributed by atoms with Crippen LogP contribution in [0.25, 0.3) is 0 Å². The smallest absolute Gasteiger partial charge is 0.167 e. The number of hydrogen-bond acceptors (Lipinski definition) is 4. The third-order valence-electron chi connectivity index (χ3n) is 4.57. The van der Waals surface area contributed by atoms with E-state index in [9.17, 15) is 10.5 Å². The molecule has 2 aliphatic rings. The van der Waals surface area contributed by atoms with Crippen molar-refractivity contribution in [2.24, 2.45) is 5.41 Å². The van der Waals surface area contributed by atoms with E-state index in [1.54, 1.807) is 7.11 Å². The zero-order valence-corrected chi connectivity index (χ0v) is 11.5. The molecule has 1 aromatic rings. The van der Waals surface area contributed by atoms with Crippen LogP contribution in [0.2, 0.25) is 0 Å². The number of rotatable bonds is 2. The normalized spacial score (nSPS) is 26.2. The van der Waals surface area contributed by atoms with E-state index in [1.807, 2.05) is 18.2 Å². The van der Waals surface area contributed by atoms with Crippen molar-refractivity contribution in [3.63, 3.8) is 0 Å². The summed E-state index contributed by atoms with van der Waals surface area (Å²) in [5.74, 6) is 0. The van der Waals surface area contributed by atoms with Crippen molar-refractivity contribution in [2.75, 3.05) is 18.6 Å². The van der Waals surface area contributed by atoms with Crippen LogP contribution in [0.1, 0.15) is 18.4 Å². The van der Waals surface area contributed by atoms with Gasteiger partial charge >= 0.3 is 0 Å². The van der Waals surface area contributed by atoms with Crippen LogP contribution in [0.4, 0.5) is 5.69 Å². The summed E-state index contributed by atoms with van der Waals surface area (Å²) in [4.78, 5) is 2.26. The summed E-state index contributed by atoms with van der Waals surface area (Å²) in [6.07, 6.45) is 2.37. The lowest BCUT2D eigenvalue weighted by Gasteiger charge is -2.43. The molecule has 1 fully saturated rings. The zero-order chi connectivity index (χ0) is 14.2. The van der Waals surface area contributed by atoms with Crippen LogP contribution < -0.4 is 4.90 Å². The summed E-state index contributed by atoms with van der Waals surface area (Å²) < 4.78 is 5.32. The Kier molecular flexibility index (Phi) is 3.12. The largest absolute Gasteiger partial charge is 0.383 e. The van der Waals surface area contributed by atoms with Gasteiger partial charge in [-0.3, -0.25) is 0 Å². The molecular weight excluding hydrogens is 250 g/mol. The number of methoxy groups -OCH3 is 1. The zero-order valence-electron chi connectivity index (χ0n) is 11.5. The van der Waals surface area contributed by atoms with Gasteiger partial charge in [0.1, 0.15) is 0 Å². The van der Waals surface area contributed by atoms with Gasteiger partial charge < -0.3 is 9.64 Å². The highest BCUT2D eigenvalue weighted by Gasteiger charge is 2.52. The number of fused-ring (bicyclic) bond motifs is 3. The molecule has 0 bridgehead atoms. The number of anilines is 1. The van der Waals surface area contributed by atoms with Gasteiger partial charge in [0.05, 0.1) is 30.8 Å². The minimum atomic E-state index is -0.934. The molecule has 0 N–H and O–H groups in total. The van der Waals surface area contributed by atoms with Gasteiger partial charge in [0.25, 0.3) is 0 Å². The van der Waals surface area contributed by atoms with Crippen LogP contribution in [0.5, 0.6) is 0 Å². The standard InChI is InChI=1S/C16H17N3O/c1-20-9-13-6-7-15-16(10-17,11-18)8-12-4-2-3-5-14(12)19(13)15/h2-5,13,15H,6-9H2,1H3/t13-,15+/m0/s1. The van der Waals surface area contributed by atoms with E-state index in [2.05, 4.69) is 23.1 Å². The fraction of sp³-hybridized carbons (Fsp3) is 0.500.